The minimum atomic E-state index is -0.836. The molecule has 0 radical (unpaired) electrons. The van der Waals surface area contributed by atoms with Crippen molar-refractivity contribution in [2.24, 2.45) is 0 Å². The average Bonchev–Trinajstić information content (AvgIpc) is 2.39. The number of aromatic hydroxyl groups is 1. The molecule has 0 atom stereocenters. The Kier molecular flexibility index (Phi) is 4.33. The highest BCUT2D eigenvalue weighted by molar-refractivity contribution is 5.95. The molecule has 0 fully saturated rings. The van der Waals surface area contributed by atoms with Gasteiger partial charge >= 0.3 is 0 Å². The highest BCUT2D eigenvalue weighted by atomic mass is 16.3. The fourth-order valence-electron chi connectivity index (χ4n) is 1.65. The van der Waals surface area contributed by atoms with Crippen LogP contribution in [0, 0.1) is 18.3 Å². The molecular formula is C14H18N2O2. The highest BCUT2D eigenvalue weighted by Crippen LogP contribution is 2.19. The summed E-state index contributed by atoms with van der Waals surface area (Å²) >= 11 is 0. The maximum absolute atomic E-state index is 12.0. The summed E-state index contributed by atoms with van der Waals surface area (Å²) < 4.78 is 0. The Morgan fingerprint density at radius 3 is 2.50 bits per heavy atom. The number of phenolic OH excluding ortho intramolecular Hbond substituents is 1. The van der Waals surface area contributed by atoms with E-state index in [0.29, 0.717) is 24.0 Å². The molecule has 2 N–H and O–H groups in total. The van der Waals surface area contributed by atoms with Gasteiger partial charge in [0.1, 0.15) is 11.3 Å². The van der Waals surface area contributed by atoms with Crippen LogP contribution in [0.15, 0.2) is 18.2 Å². The molecular weight excluding hydrogens is 228 g/mol. The fourth-order valence-corrected chi connectivity index (χ4v) is 1.65. The van der Waals surface area contributed by atoms with Gasteiger partial charge in [-0.1, -0.05) is 19.9 Å². The molecule has 0 saturated heterocycles. The van der Waals surface area contributed by atoms with E-state index in [-0.39, 0.29) is 11.7 Å². The first-order valence-electron chi connectivity index (χ1n) is 6.01. The van der Waals surface area contributed by atoms with Crippen molar-refractivity contribution in [2.75, 3.05) is 0 Å². The molecule has 1 aromatic carbocycles. The number of benzene rings is 1. The van der Waals surface area contributed by atoms with Crippen LogP contribution in [-0.2, 0) is 0 Å². The van der Waals surface area contributed by atoms with Gasteiger partial charge in [0.15, 0.2) is 0 Å². The van der Waals surface area contributed by atoms with Gasteiger partial charge in [-0.3, -0.25) is 4.79 Å². The number of phenols is 1. The van der Waals surface area contributed by atoms with Crippen LogP contribution in [0.25, 0.3) is 0 Å². The summed E-state index contributed by atoms with van der Waals surface area (Å²) in [7, 11) is 0. The van der Waals surface area contributed by atoms with E-state index >= 15 is 0 Å². The zero-order valence-electron chi connectivity index (χ0n) is 10.9. The molecule has 1 rings (SSSR count). The van der Waals surface area contributed by atoms with Crippen molar-refractivity contribution in [3.63, 3.8) is 0 Å². The van der Waals surface area contributed by atoms with Crippen LogP contribution in [0.3, 0.4) is 0 Å². The van der Waals surface area contributed by atoms with Crippen molar-refractivity contribution in [3.8, 4) is 11.8 Å². The number of amides is 1. The standard InChI is InChI=1S/C14H18N2O2/c1-4-14(5-2,9-15)16-13(18)11-7-6-10(3)12(17)8-11/h6-8,17H,4-5H2,1-3H3,(H,16,18). The maximum Gasteiger partial charge on any atom is 0.252 e. The molecule has 0 aliphatic carbocycles. The summed E-state index contributed by atoms with van der Waals surface area (Å²) in [6, 6.07) is 6.88. The molecule has 0 aliphatic rings. The highest BCUT2D eigenvalue weighted by Gasteiger charge is 2.28. The fraction of sp³-hybridized carbons (Fsp3) is 0.429. The molecule has 0 spiro atoms. The molecule has 1 aromatic rings. The monoisotopic (exact) mass is 246 g/mol. The van der Waals surface area contributed by atoms with Crippen LogP contribution in [-0.4, -0.2) is 16.6 Å². The first-order chi connectivity index (χ1) is 8.48. The van der Waals surface area contributed by atoms with Crippen molar-refractivity contribution in [3.05, 3.63) is 29.3 Å². The van der Waals surface area contributed by atoms with Crippen LogP contribution in [0.4, 0.5) is 0 Å². The van der Waals surface area contributed by atoms with Gasteiger partial charge in [0.2, 0.25) is 0 Å². The van der Waals surface area contributed by atoms with Gasteiger partial charge < -0.3 is 10.4 Å². The van der Waals surface area contributed by atoms with Gasteiger partial charge in [-0.05, 0) is 37.5 Å². The van der Waals surface area contributed by atoms with Crippen LogP contribution in [0.5, 0.6) is 5.75 Å². The number of nitriles is 1. The lowest BCUT2D eigenvalue weighted by Gasteiger charge is -2.24. The summed E-state index contributed by atoms with van der Waals surface area (Å²) in [6.45, 7) is 5.48. The molecule has 18 heavy (non-hydrogen) atoms. The van der Waals surface area contributed by atoms with Crippen LogP contribution in [0.1, 0.15) is 42.6 Å². The lowest BCUT2D eigenvalue weighted by Crippen LogP contribution is -2.46. The minimum Gasteiger partial charge on any atom is -0.508 e. The van der Waals surface area contributed by atoms with E-state index < -0.39 is 5.54 Å². The molecule has 96 valence electrons. The number of aryl methyl sites for hydroxylation is 1. The number of nitrogens with one attached hydrogen (secondary N) is 1. The van der Waals surface area contributed by atoms with Gasteiger partial charge in [0.25, 0.3) is 5.91 Å². The SMILES string of the molecule is CCC(C#N)(CC)NC(=O)c1ccc(C)c(O)c1. The van der Waals surface area contributed by atoms with Crippen molar-refractivity contribution in [2.45, 2.75) is 39.2 Å². The predicted octanol–water partition coefficient (Wildman–Crippen LogP) is 2.51. The predicted molar refractivity (Wildman–Crippen MR) is 69.2 cm³/mol. The molecule has 0 bridgehead atoms. The first-order valence-corrected chi connectivity index (χ1v) is 6.01. The molecule has 0 aromatic heterocycles. The van der Waals surface area contributed by atoms with E-state index in [4.69, 9.17) is 5.26 Å². The van der Waals surface area contributed by atoms with Gasteiger partial charge in [0, 0.05) is 5.56 Å². The molecule has 0 saturated carbocycles. The Hall–Kier alpha value is -2.02. The van der Waals surface area contributed by atoms with E-state index in [1.807, 2.05) is 13.8 Å². The largest absolute Gasteiger partial charge is 0.508 e. The number of hydrogen-bond donors (Lipinski definition) is 2. The molecule has 0 heterocycles. The Balaban J connectivity index is 2.95. The zero-order chi connectivity index (χ0) is 13.8. The number of rotatable bonds is 4. The van der Waals surface area contributed by atoms with Crippen molar-refractivity contribution >= 4 is 5.91 Å². The normalized spacial score (nSPS) is 10.8. The topological polar surface area (TPSA) is 73.1 Å². The Morgan fingerprint density at radius 1 is 1.44 bits per heavy atom. The minimum absolute atomic E-state index is 0.0817. The second-order valence-corrected chi connectivity index (χ2v) is 4.36. The third-order valence-corrected chi connectivity index (χ3v) is 3.25. The van der Waals surface area contributed by atoms with Crippen molar-refractivity contribution < 1.29 is 9.90 Å². The summed E-state index contributed by atoms with van der Waals surface area (Å²) in [4.78, 5) is 12.0. The van der Waals surface area contributed by atoms with E-state index in [1.54, 1.807) is 19.1 Å². The summed E-state index contributed by atoms with van der Waals surface area (Å²) in [5, 5.41) is 21.5. The van der Waals surface area contributed by atoms with Gasteiger partial charge in [-0.25, -0.2) is 0 Å². The average molecular weight is 246 g/mol. The second kappa shape index (κ2) is 5.54. The zero-order valence-corrected chi connectivity index (χ0v) is 10.9. The van der Waals surface area contributed by atoms with Crippen molar-refractivity contribution in [1.82, 2.24) is 5.32 Å². The van der Waals surface area contributed by atoms with Crippen LogP contribution >= 0.6 is 0 Å². The molecule has 4 nitrogen and oxygen atoms in total. The molecule has 0 aliphatic heterocycles. The number of hydrogen-bond acceptors (Lipinski definition) is 3. The van der Waals surface area contributed by atoms with E-state index in [2.05, 4.69) is 11.4 Å². The van der Waals surface area contributed by atoms with Crippen LogP contribution < -0.4 is 5.32 Å². The number of nitrogens with zero attached hydrogens (tertiary/aromatic N) is 1. The van der Waals surface area contributed by atoms with Crippen molar-refractivity contribution in [1.29, 1.82) is 5.26 Å². The summed E-state index contributed by atoms with van der Waals surface area (Å²) in [5.41, 5.74) is 0.237. The number of carbonyl (C=O) groups excluding carboxylic acids is 1. The van der Waals surface area contributed by atoms with Gasteiger partial charge in [-0.15, -0.1) is 0 Å². The van der Waals surface area contributed by atoms with E-state index in [9.17, 15) is 9.90 Å². The third kappa shape index (κ3) is 2.80. The number of carbonyl (C=O) groups is 1. The molecule has 1 amide bonds. The maximum atomic E-state index is 12.0. The molecule has 0 unspecified atom stereocenters. The van der Waals surface area contributed by atoms with E-state index in [0.717, 1.165) is 0 Å². The second-order valence-electron chi connectivity index (χ2n) is 4.36. The van der Waals surface area contributed by atoms with Gasteiger partial charge in [0.05, 0.1) is 6.07 Å². The summed E-state index contributed by atoms with van der Waals surface area (Å²) in [5.74, 6) is -0.256. The third-order valence-electron chi connectivity index (χ3n) is 3.25. The Labute approximate surface area is 107 Å². The quantitative estimate of drug-likeness (QED) is 0.857. The van der Waals surface area contributed by atoms with Crippen LogP contribution in [0.2, 0.25) is 0 Å². The summed E-state index contributed by atoms with van der Waals surface area (Å²) in [6.07, 6.45) is 1.09. The first kappa shape index (κ1) is 14.0. The Bertz CT molecular complexity index is 485. The molecule has 4 heteroatoms. The Morgan fingerprint density at radius 2 is 2.06 bits per heavy atom. The van der Waals surface area contributed by atoms with E-state index in [1.165, 1.54) is 6.07 Å². The smallest absolute Gasteiger partial charge is 0.252 e. The lowest BCUT2D eigenvalue weighted by atomic mass is 9.94. The van der Waals surface area contributed by atoms with Gasteiger partial charge in [-0.2, -0.15) is 5.26 Å². The lowest BCUT2D eigenvalue weighted by molar-refractivity contribution is 0.0915.